The number of para-hydroxylation sites is 2. The van der Waals surface area contributed by atoms with Gasteiger partial charge in [0.2, 0.25) is 0 Å². The first-order valence-electron chi connectivity index (χ1n) is 7.97. The molecule has 0 fully saturated rings. The Morgan fingerprint density at radius 1 is 1.19 bits per heavy atom. The van der Waals surface area contributed by atoms with E-state index >= 15 is 0 Å². The number of ether oxygens (including phenoxy) is 1. The van der Waals surface area contributed by atoms with Crippen molar-refractivity contribution in [2.75, 3.05) is 13.2 Å². The molecule has 0 aliphatic carbocycles. The molecule has 0 aliphatic rings. The van der Waals surface area contributed by atoms with E-state index in [1.54, 1.807) is 55.6 Å². The van der Waals surface area contributed by atoms with Gasteiger partial charge >= 0.3 is 0 Å². The van der Waals surface area contributed by atoms with Gasteiger partial charge in [-0.25, -0.2) is 0 Å². The van der Waals surface area contributed by atoms with Gasteiger partial charge in [-0.1, -0.05) is 41.9 Å². The number of fused-ring (bicyclic) bond motifs is 1. The van der Waals surface area contributed by atoms with Gasteiger partial charge in [0.05, 0.1) is 22.6 Å². The van der Waals surface area contributed by atoms with E-state index in [4.69, 9.17) is 16.3 Å². The van der Waals surface area contributed by atoms with Crippen LogP contribution in [0.1, 0.15) is 10.4 Å². The van der Waals surface area contributed by atoms with Gasteiger partial charge in [0.15, 0.2) is 5.75 Å². The van der Waals surface area contributed by atoms with E-state index in [1.807, 2.05) is 0 Å². The van der Waals surface area contributed by atoms with Crippen molar-refractivity contribution in [2.45, 2.75) is 0 Å². The molecule has 0 aliphatic heterocycles. The smallest absolute Gasteiger partial charge is 0.293 e. The highest BCUT2D eigenvalue weighted by Crippen LogP contribution is 2.24. The first kappa shape index (κ1) is 17.8. The van der Waals surface area contributed by atoms with Gasteiger partial charge in [-0.15, -0.1) is 0 Å². The van der Waals surface area contributed by atoms with E-state index in [1.165, 1.54) is 4.57 Å². The molecule has 0 atom stereocenters. The van der Waals surface area contributed by atoms with Crippen LogP contribution in [-0.2, 0) is 7.05 Å². The second-order valence-electron chi connectivity index (χ2n) is 5.64. The number of nitrogens with zero attached hydrogens (tertiary/aromatic N) is 1. The largest absolute Gasteiger partial charge is 0.502 e. The molecule has 3 rings (SSSR count). The maximum absolute atomic E-state index is 12.5. The van der Waals surface area contributed by atoms with E-state index in [9.17, 15) is 14.7 Å². The monoisotopic (exact) mass is 372 g/mol. The van der Waals surface area contributed by atoms with Crippen LogP contribution in [0.5, 0.6) is 11.5 Å². The minimum atomic E-state index is -0.624. The van der Waals surface area contributed by atoms with Gasteiger partial charge in [0.1, 0.15) is 12.4 Å². The third-order valence-electron chi connectivity index (χ3n) is 3.99. The van der Waals surface area contributed by atoms with E-state index in [2.05, 4.69) is 5.32 Å². The number of amides is 1. The highest BCUT2D eigenvalue weighted by Gasteiger charge is 2.20. The number of aryl methyl sites for hydroxylation is 1. The van der Waals surface area contributed by atoms with Crippen LogP contribution in [0.25, 0.3) is 10.9 Å². The van der Waals surface area contributed by atoms with Crippen molar-refractivity contribution in [1.29, 1.82) is 0 Å². The van der Waals surface area contributed by atoms with Crippen LogP contribution in [0.15, 0.2) is 53.3 Å². The molecule has 7 heteroatoms. The van der Waals surface area contributed by atoms with Gasteiger partial charge in [-0.05, 0) is 18.2 Å². The summed E-state index contributed by atoms with van der Waals surface area (Å²) in [5.41, 5.74) is -0.102. The SMILES string of the molecule is Cn1c(=O)c(O)c(C(=O)NCCOc2ccccc2Cl)c2ccccc21. The van der Waals surface area contributed by atoms with Crippen molar-refractivity contribution in [3.8, 4) is 11.5 Å². The number of hydrogen-bond acceptors (Lipinski definition) is 4. The van der Waals surface area contributed by atoms with Crippen LogP contribution in [-0.4, -0.2) is 28.7 Å². The summed E-state index contributed by atoms with van der Waals surface area (Å²) < 4.78 is 6.82. The summed E-state index contributed by atoms with van der Waals surface area (Å²) in [6.45, 7) is 0.381. The average Bonchev–Trinajstić information content (AvgIpc) is 2.65. The van der Waals surface area contributed by atoms with Crippen LogP contribution in [0, 0.1) is 0 Å². The van der Waals surface area contributed by atoms with Crippen LogP contribution < -0.4 is 15.6 Å². The third-order valence-corrected chi connectivity index (χ3v) is 4.30. The predicted octanol–water partition coefficient (Wildman–Crippen LogP) is 2.71. The molecule has 1 amide bonds. The molecular formula is C19H17ClN2O4. The predicted molar refractivity (Wildman–Crippen MR) is 100 cm³/mol. The number of nitrogens with one attached hydrogen (secondary N) is 1. The molecule has 6 nitrogen and oxygen atoms in total. The number of benzene rings is 2. The van der Waals surface area contributed by atoms with Gasteiger partial charge in [0.25, 0.3) is 11.5 Å². The number of aromatic nitrogens is 1. The van der Waals surface area contributed by atoms with Crippen LogP contribution in [0.4, 0.5) is 0 Å². The van der Waals surface area contributed by atoms with E-state index in [0.717, 1.165) is 0 Å². The Bertz CT molecular complexity index is 1030. The fourth-order valence-corrected chi connectivity index (χ4v) is 2.88. The maximum atomic E-state index is 12.5. The normalized spacial score (nSPS) is 10.7. The van der Waals surface area contributed by atoms with Gasteiger partial charge in [-0.2, -0.15) is 0 Å². The van der Waals surface area contributed by atoms with Crippen LogP contribution in [0.2, 0.25) is 5.02 Å². The summed E-state index contributed by atoms with van der Waals surface area (Å²) in [4.78, 5) is 24.7. The lowest BCUT2D eigenvalue weighted by molar-refractivity contribution is 0.0945. The molecule has 3 aromatic rings. The molecule has 0 unspecified atom stereocenters. The summed E-state index contributed by atoms with van der Waals surface area (Å²) in [6.07, 6.45) is 0. The Balaban J connectivity index is 1.76. The van der Waals surface area contributed by atoms with Crippen molar-refractivity contribution in [3.05, 3.63) is 69.5 Å². The summed E-state index contributed by atoms with van der Waals surface area (Å²) in [7, 11) is 1.55. The van der Waals surface area contributed by atoms with E-state index in [-0.39, 0.29) is 18.7 Å². The molecule has 26 heavy (non-hydrogen) atoms. The van der Waals surface area contributed by atoms with Crippen LogP contribution >= 0.6 is 11.6 Å². The molecule has 1 aromatic heterocycles. The lowest BCUT2D eigenvalue weighted by Gasteiger charge is -2.13. The van der Waals surface area contributed by atoms with Crippen molar-refractivity contribution in [3.63, 3.8) is 0 Å². The fraction of sp³-hybridized carbons (Fsp3) is 0.158. The lowest BCUT2D eigenvalue weighted by atomic mass is 10.1. The number of pyridine rings is 1. The lowest BCUT2D eigenvalue weighted by Crippen LogP contribution is -2.30. The minimum absolute atomic E-state index is 0.0403. The van der Waals surface area contributed by atoms with Crippen LogP contribution in [0.3, 0.4) is 0 Å². The average molecular weight is 373 g/mol. The molecule has 2 aromatic carbocycles. The van der Waals surface area contributed by atoms with Gasteiger partial charge in [-0.3, -0.25) is 9.59 Å². The number of rotatable bonds is 5. The second-order valence-corrected chi connectivity index (χ2v) is 6.05. The Hall–Kier alpha value is -2.99. The first-order chi connectivity index (χ1) is 12.5. The molecule has 0 spiro atoms. The van der Waals surface area contributed by atoms with Gasteiger partial charge < -0.3 is 19.7 Å². The zero-order valence-electron chi connectivity index (χ0n) is 14.0. The maximum Gasteiger partial charge on any atom is 0.293 e. The molecule has 134 valence electrons. The molecule has 0 bridgehead atoms. The zero-order valence-corrected chi connectivity index (χ0v) is 14.8. The molecular weight excluding hydrogens is 356 g/mol. The molecule has 2 N–H and O–H groups in total. The van der Waals surface area contributed by atoms with Crippen molar-refractivity contribution in [1.82, 2.24) is 9.88 Å². The molecule has 0 radical (unpaired) electrons. The number of halogens is 1. The summed E-state index contributed by atoms with van der Waals surface area (Å²) in [5.74, 6) is -0.597. The summed E-state index contributed by atoms with van der Waals surface area (Å²) in [6, 6.07) is 13.9. The number of hydrogen-bond donors (Lipinski definition) is 2. The minimum Gasteiger partial charge on any atom is -0.502 e. The van der Waals surface area contributed by atoms with Crippen molar-refractivity contribution < 1.29 is 14.6 Å². The zero-order chi connectivity index (χ0) is 18.7. The topological polar surface area (TPSA) is 80.6 Å². The molecule has 0 saturated carbocycles. The van der Waals surface area contributed by atoms with Crippen molar-refractivity contribution >= 4 is 28.4 Å². The molecule has 0 saturated heterocycles. The number of aromatic hydroxyl groups is 1. The van der Waals surface area contributed by atoms with Crippen molar-refractivity contribution in [2.24, 2.45) is 7.05 Å². The number of carbonyl (C=O) groups excluding carboxylic acids is 1. The fourth-order valence-electron chi connectivity index (χ4n) is 2.69. The summed E-state index contributed by atoms with van der Waals surface area (Å²) in [5, 5.41) is 13.8. The number of carbonyl (C=O) groups is 1. The van der Waals surface area contributed by atoms with E-state index in [0.29, 0.717) is 21.7 Å². The first-order valence-corrected chi connectivity index (χ1v) is 8.34. The Morgan fingerprint density at radius 2 is 1.88 bits per heavy atom. The summed E-state index contributed by atoms with van der Waals surface area (Å²) >= 11 is 6.00. The van der Waals surface area contributed by atoms with Gasteiger partial charge in [0, 0.05) is 12.4 Å². The Morgan fingerprint density at radius 3 is 2.65 bits per heavy atom. The third kappa shape index (κ3) is 3.36. The standard InChI is InChI=1S/C19H17ClN2O4/c1-22-14-8-4-2-6-12(14)16(17(23)19(22)25)18(24)21-10-11-26-15-9-5-3-7-13(15)20/h2-9,23H,10-11H2,1H3,(H,21,24). The Kier molecular flexibility index (Phi) is 5.14. The Labute approximate surface area is 154 Å². The quantitative estimate of drug-likeness (QED) is 0.675. The molecule has 1 heterocycles. The highest BCUT2D eigenvalue weighted by atomic mass is 35.5. The van der Waals surface area contributed by atoms with E-state index < -0.39 is 17.2 Å². The second kappa shape index (κ2) is 7.49. The highest BCUT2D eigenvalue weighted by molar-refractivity contribution is 6.32.